The van der Waals surface area contributed by atoms with Crippen molar-refractivity contribution >= 4 is 21.4 Å². The van der Waals surface area contributed by atoms with Crippen LogP contribution in [-0.2, 0) is 23.0 Å². The SMILES string of the molecule is NC1CCCCC1.O=C(COP(=O)(O)O)[C@@H](O)[C@H](O)[C@H](O)COP(=O)(O)O. The summed E-state index contributed by atoms with van der Waals surface area (Å²) in [6.07, 6.45) is 0.138. The molecule has 0 aromatic rings. The fourth-order valence-corrected chi connectivity index (χ4v) is 2.68. The third kappa shape index (κ3) is 14.4. The second-order valence-corrected chi connectivity index (χ2v) is 8.40. The molecule has 0 aliphatic heterocycles. The van der Waals surface area contributed by atoms with Crippen molar-refractivity contribution in [3.05, 3.63) is 0 Å². The van der Waals surface area contributed by atoms with Gasteiger partial charge in [0.05, 0.1) is 6.61 Å². The molecule has 27 heavy (non-hydrogen) atoms. The highest BCUT2D eigenvalue weighted by molar-refractivity contribution is 7.46. The van der Waals surface area contributed by atoms with Crippen LogP contribution in [0, 0.1) is 0 Å². The van der Waals surface area contributed by atoms with Crippen molar-refractivity contribution in [1.29, 1.82) is 0 Å². The Kier molecular flexibility index (Phi) is 12.2. The first-order valence-electron chi connectivity index (χ1n) is 7.95. The van der Waals surface area contributed by atoms with Gasteiger partial charge >= 0.3 is 15.6 Å². The van der Waals surface area contributed by atoms with Gasteiger partial charge in [0.1, 0.15) is 24.9 Å². The summed E-state index contributed by atoms with van der Waals surface area (Å²) in [5, 5.41) is 27.7. The maximum atomic E-state index is 11.2. The van der Waals surface area contributed by atoms with Crippen molar-refractivity contribution in [3.63, 3.8) is 0 Å². The Morgan fingerprint density at radius 3 is 1.81 bits per heavy atom. The molecule has 0 bridgehead atoms. The second-order valence-electron chi connectivity index (χ2n) is 5.92. The van der Waals surface area contributed by atoms with E-state index in [1.165, 1.54) is 32.1 Å². The zero-order chi connectivity index (χ0) is 21.3. The minimum Gasteiger partial charge on any atom is -0.388 e. The lowest BCUT2D eigenvalue weighted by Crippen LogP contribution is -2.45. The largest absolute Gasteiger partial charge is 0.470 e. The maximum absolute atomic E-state index is 11.2. The van der Waals surface area contributed by atoms with Gasteiger partial charge < -0.3 is 40.6 Å². The lowest BCUT2D eigenvalue weighted by molar-refractivity contribution is -0.142. The Morgan fingerprint density at radius 2 is 1.44 bits per heavy atom. The molecule has 0 spiro atoms. The highest BCUT2D eigenvalue weighted by Crippen LogP contribution is 2.36. The van der Waals surface area contributed by atoms with Gasteiger partial charge in [-0.15, -0.1) is 0 Å². The molecule has 1 aliphatic rings. The van der Waals surface area contributed by atoms with E-state index >= 15 is 0 Å². The summed E-state index contributed by atoms with van der Waals surface area (Å²) >= 11 is 0. The number of nitrogens with two attached hydrogens (primary N) is 1. The zero-order valence-corrected chi connectivity index (χ0v) is 16.2. The van der Waals surface area contributed by atoms with Crippen molar-refractivity contribution in [1.82, 2.24) is 0 Å². The summed E-state index contributed by atoms with van der Waals surface area (Å²) in [6.45, 7) is -2.33. The molecule has 162 valence electrons. The number of carbonyl (C=O) groups is 1. The first kappa shape index (κ1) is 26.7. The van der Waals surface area contributed by atoms with Crippen LogP contribution in [-0.4, -0.2) is 78.2 Å². The van der Waals surface area contributed by atoms with E-state index in [0.717, 1.165) is 0 Å². The molecule has 1 fully saturated rings. The second kappa shape index (κ2) is 12.3. The first-order valence-corrected chi connectivity index (χ1v) is 11.0. The number of hydrogen-bond donors (Lipinski definition) is 8. The smallest absolute Gasteiger partial charge is 0.388 e. The molecule has 3 atom stereocenters. The van der Waals surface area contributed by atoms with Gasteiger partial charge in [-0.25, -0.2) is 9.13 Å². The van der Waals surface area contributed by atoms with Crippen molar-refractivity contribution in [2.45, 2.75) is 56.5 Å². The third-order valence-corrected chi connectivity index (χ3v) is 4.44. The number of Topliss-reactive ketones (excluding diaryl/α,β-unsaturated/α-hetero) is 1. The molecule has 15 heteroatoms. The normalized spacial score (nSPS) is 19.6. The summed E-state index contributed by atoms with van der Waals surface area (Å²) in [4.78, 5) is 44.4. The molecule has 9 N–H and O–H groups in total. The minimum atomic E-state index is -4.95. The average molecular weight is 439 g/mol. The lowest BCUT2D eigenvalue weighted by atomic mass is 9.97. The minimum absolute atomic E-state index is 0.536. The number of carbonyl (C=O) groups excluding carboxylic acids is 1. The molecule has 1 rings (SSSR count). The number of phosphoric acid groups is 2. The lowest BCUT2D eigenvalue weighted by Gasteiger charge is -2.22. The van der Waals surface area contributed by atoms with Crippen LogP contribution in [0.25, 0.3) is 0 Å². The summed E-state index contributed by atoms with van der Waals surface area (Å²) in [5.74, 6) is -1.36. The zero-order valence-electron chi connectivity index (χ0n) is 14.4. The molecule has 0 unspecified atom stereocenters. The van der Waals surface area contributed by atoms with Crippen molar-refractivity contribution < 1.29 is 57.9 Å². The van der Waals surface area contributed by atoms with Crippen molar-refractivity contribution in [3.8, 4) is 0 Å². The van der Waals surface area contributed by atoms with Gasteiger partial charge in [-0.1, -0.05) is 19.3 Å². The average Bonchev–Trinajstić information content (AvgIpc) is 2.56. The number of ketones is 1. The standard InChI is InChI=1S/C6H13N.C6H14O12P2/c7-6-4-2-1-3-5-6;7-3(1-17-19(11,12)13)5(9)6(10)4(8)2-18-20(14,15)16/h6H,1-5,7H2;3,5-7,9-10H,1-2H2,(H2,11,12,13)(H2,14,15,16)/t;3-,5-,6-/m.1/s1. The number of phosphoric ester groups is 2. The van der Waals surface area contributed by atoms with E-state index in [1.807, 2.05) is 0 Å². The molecular weight excluding hydrogens is 412 g/mol. The van der Waals surface area contributed by atoms with Crippen LogP contribution in [0.5, 0.6) is 0 Å². The molecule has 0 radical (unpaired) electrons. The molecule has 0 aromatic carbocycles. The number of aliphatic hydroxyl groups excluding tert-OH is 3. The van der Waals surface area contributed by atoms with E-state index < -0.39 is 53.0 Å². The fraction of sp³-hybridized carbons (Fsp3) is 0.917. The van der Waals surface area contributed by atoms with Gasteiger partial charge in [0.15, 0.2) is 5.78 Å². The summed E-state index contributed by atoms with van der Waals surface area (Å²) in [5.41, 5.74) is 5.63. The fourth-order valence-electron chi connectivity index (χ4n) is 2.04. The van der Waals surface area contributed by atoms with Crippen LogP contribution < -0.4 is 5.73 Å². The summed E-state index contributed by atoms with van der Waals surface area (Å²) in [7, 11) is -9.87. The van der Waals surface area contributed by atoms with Gasteiger partial charge in [-0.05, 0) is 12.8 Å². The maximum Gasteiger partial charge on any atom is 0.470 e. The monoisotopic (exact) mass is 439 g/mol. The number of hydrogen-bond acceptors (Lipinski definition) is 9. The van der Waals surface area contributed by atoms with Crippen molar-refractivity contribution in [2.75, 3.05) is 13.2 Å². The Morgan fingerprint density at radius 1 is 0.963 bits per heavy atom. The molecule has 1 aliphatic carbocycles. The van der Waals surface area contributed by atoms with Crippen LogP contribution in [0.3, 0.4) is 0 Å². The number of aliphatic hydroxyl groups is 3. The van der Waals surface area contributed by atoms with E-state index in [0.29, 0.717) is 6.04 Å². The Bertz CT molecular complexity index is 528. The predicted octanol–water partition coefficient (Wildman–Crippen LogP) is -1.87. The highest BCUT2D eigenvalue weighted by Gasteiger charge is 2.32. The third-order valence-electron chi connectivity index (χ3n) is 3.49. The first-order chi connectivity index (χ1) is 12.2. The van der Waals surface area contributed by atoms with Gasteiger partial charge in [0, 0.05) is 6.04 Å². The van der Waals surface area contributed by atoms with Gasteiger partial charge in [-0.2, -0.15) is 0 Å². The van der Waals surface area contributed by atoms with Gasteiger partial charge in [0.2, 0.25) is 0 Å². The molecule has 0 heterocycles. The molecule has 1 saturated carbocycles. The summed E-state index contributed by atoms with van der Waals surface area (Å²) < 4.78 is 28.2. The molecule has 13 nitrogen and oxygen atoms in total. The van der Waals surface area contributed by atoms with Crippen LogP contribution in [0.15, 0.2) is 0 Å². The van der Waals surface area contributed by atoms with Crippen molar-refractivity contribution in [2.24, 2.45) is 5.73 Å². The van der Waals surface area contributed by atoms with Gasteiger partial charge in [-0.3, -0.25) is 13.8 Å². The van der Waals surface area contributed by atoms with Crippen LogP contribution in [0.2, 0.25) is 0 Å². The van der Waals surface area contributed by atoms with Crippen LogP contribution >= 0.6 is 15.6 Å². The van der Waals surface area contributed by atoms with E-state index in [2.05, 4.69) is 9.05 Å². The molecule has 0 saturated heterocycles. The van der Waals surface area contributed by atoms with Crippen LogP contribution in [0.4, 0.5) is 0 Å². The summed E-state index contributed by atoms with van der Waals surface area (Å²) in [6, 6.07) is 0.536. The highest BCUT2D eigenvalue weighted by atomic mass is 31.2. The molecule has 0 aromatic heterocycles. The molecular formula is C12H27NO12P2. The quantitative estimate of drug-likeness (QED) is 0.184. The van der Waals surface area contributed by atoms with E-state index in [4.69, 9.17) is 25.3 Å². The predicted molar refractivity (Wildman–Crippen MR) is 90.1 cm³/mol. The number of rotatable bonds is 9. The van der Waals surface area contributed by atoms with E-state index in [1.54, 1.807) is 0 Å². The molecule has 0 amide bonds. The van der Waals surface area contributed by atoms with E-state index in [9.17, 15) is 29.2 Å². The Hall–Kier alpha value is -0.270. The van der Waals surface area contributed by atoms with Gasteiger partial charge in [0.25, 0.3) is 0 Å². The Balaban J connectivity index is 0.000000797. The van der Waals surface area contributed by atoms with Crippen LogP contribution in [0.1, 0.15) is 32.1 Å². The Labute approximate surface area is 155 Å². The van der Waals surface area contributed by atoms with E-state index in [-0.39, 0.29) is 0 Å². The topological polar surface area (TPSA) is 237 Å².